The van der Waals surface area contributed by atoms with E-state index in [1.807, 2.05) is 0 Å². The van der Waals surface area contributed by atoms with Crippen molar-refractivity contribution in [3.63, 3.8) is 0 Å². The monoisotopic (exact) mass is 152 g/mol. The SMILES string of the molecule is C=CNC(=C)N=CC=NCN. The van der Waals surface area contributed by atoms with Gasteiger partial charge in [0.15, 0.2) is 0 Å². The molecule has 0 aliphatic rings. The molecule has 0 rings (SSSR count). The highest BCUT2D eigenvalue weighted by atomic mass is 15.0. The smallest absolute Gasteiger partial charge is 0.122 e. The van der Waals surface area contributed by atoms with Gasteiger partial charge >= 0.3 is 0 Å². The van der Waals surface area contributed by atoms with Gasteiger partial charge in [0.25, 0.3) is 0 Å². The van der Waals surface area contributed by atoms with Gasteiger partial charge in [-0.2, -0.15) is 0 Å². The molecule has 0 saturated heterocycles. The van der Waals surface area contributed by atoms with Gasteiger partial charge in [-0.05, 0) is 6.20 Å². The van der Waals surface area contributed by atoms with Gasteiger partial charge in [0.2, 0.25) is 0 Å². The number of nitrogens with zero attached hydrogens (tertiary/aromatic N) is 2. The maximum atomic E-state index is 5.09. The molecule has 0 spiro atoms. The highest BCUT2D eigenvalue weighted by molar-refractivity contribution is 6.16. The molecule has 4 nitrogen and oxygen atoms in total. The van der Waals surface area contributed by atoms with E-state index in [1.165, 1.54) is 18.6 Å². The van der Waals surface area contributed by atoms with E-state index in [9.17, 15) is 0 Å². The second-order valence-electron chi connectivity index (χ2n) is 1.59. The van der Waals surface area contributed by atoms with Crippen LogP contribution in [0.3, 0.4) is 0 Å². The Morgan fingerprint density at radius 3 is 2.82 bits per heavy atom. The lowest BCUT2D eigenvalue weighted by Crippen LogP contribution is -2.00. The van der Waals surface area contributed by atoms with Crippen molar-refractivity contribution < 1.29 is 0 Å². The quantitative estimate of drug-likeness (QED) is 0.554. The molecule has 0 saturated carbocycles. The molecule has 0 amide bonds. The summed E-state index contributed by atoms with van der Waals surface area (Å²) in [6, 6.07) is 0. The van der Waals surface area contributed by atoms with Crippen molar-refractivity contribution >= 4 is 12.4 Å². The fraction of sp³-hybridized carbons (Fsp3) is 0.143. The predicted octanol–water partition coefficient (Wildman–Crippen LogP) is 0.248. The summed E-state index contributed by atoms with van der Waals surface area (Å²) in [5, 5.41) is 2.70. The van der Waals surface area contributed by atoms with E-state index < -0.39 is 0 Å². The summed E-state index contributed by atoms with van der Waals surface area (Å²) in [5.41, 5.74) is 5.09. The molecule has 0 aromatic rings. The zero-order valence-electron chi connectivity index (χ0n) is 6.33. The van der Waals surface area contributed by atoms with Crippen LogP contribution in [0.25, 0.3) is 0 Å². The van der Waals surface area contributed by atoms with Crippen molar-refractivity contribution in [2.45, 2.75) is 0 Å². The third kappa shape index (κ3) is 6.47. The molecule has 0 atom stereocenters. The van der Waals surface area contributed by atoms with Gasteiger partial charge in [0.1, 0.15) is 5.82 Å². The maximum Gasteiger partial charge on any atom is 0.122 e. The van der Waals surface area contributed by atoms with Gasteiger partial charge in [-0.1, -0.05) is 13.2 Å². The largest absolute Gasteiger partial charge is 0.348 e. The minimum atomic E-state index is 0.271. The van der Waals surface area contributed by atoms with Crippen LogP contribution in [0.4, 0.5) is 0 Å². The summed E-state index contributed by atoms with van der Waals surface area (Å²) < 4.78 is 0. The van der Waals surface area contributed by atoms with E-state index in [2.05, 4.69) is 28.5 Å². The number of aliphatic imine (C=N–C) groups is 2. The molecule has 0 unspecified atom stereocenters. The van der Waals surface area contributed by atoms with Crippen LogP contribution in [0.2, 0.25) is 0 Å². The van der Waals surface area contributed by atoms with Gasteiger partial charge in [0, 0.05) is 12.4 Å². The van der Waals surface area contributed by atoms with E-state index in [0.717, 1.165) is 0 Å². The first kappa shape index (κ1) is 9.58. The summed E-state index contributed by atoms with van der Waals surface area (Å²) >= 11 is 0. The molecule has 0 heterocycles. The first-order valence-electron chi connectivity index (χ1n) is 3.10. The van der Waals surface area contributed by atoms with Crippen molar-refractivity contribution in [2.24, 2.45) is 15.7 Å². The van der Waals surface area contributed by atoms with Crippen LogP contribution < -0.4 is 11.1 Å². The third-order valence-corrected chi connectivity index (χ3v) is 0.777. The molecule has 0 aromatic heterocycles. The van der Waals surface area contributed by atoms with E-state index in [1.54, 1.807) is 0 Å². The lowest BCUT2D eigenvalue weighted by Gasteiger charge is -1.93. The molecule has 60 valence electrons. The molecule has 0 bridgehead atoms. The Balaban J connectivity index is 3.64. The number of nitrogens with one attached hydrogen (secondary N) is 1. The zero-order valence-corrected chi connectivity index (χ0v) is 6.33. The summed E-state index contributed by atoms with van der Waals surface area (Å²) in [6.45, 7) is 7.29. The zero-order chi connectivity index (χ0) is 8.53. The van der Waals surface area contributed by atoms with E-state index >= 15 is 0 Å². The van der Waals surface area contributed by atoms with Crippen LogP contribution in [0, 0.1) is 0 Å². The van der Waals surface area contributed by atoms with E-state index in [0.29, 0.717) is 5.82 Å². The Morgan fingerprint density at radius 1 is 1.55 bits per heavy atom. The van der Waals surface area contributed by atoms with Gasteiger partial charge in [0.05, 0.1) is 6.67 Å². The molecular weight excluding hydrogens is 140 g/mol. The average Bonchev–Trinajstić information content (AvgIpc) is 1.99. The minimum absolute atomic E-state index is 0.271. The lowest BCUT2D eigenvalue weighted by molar-refractivity contribution is 1.05. The van der Waals surface area contributed by atoms with E-state index in [-0.39, 0.29) is 6.67 Å². The molecular formula is C7H12N4. The van der Waals surface area contributed by atoms with Crippen LogP contribution >= 0.6 is 0 Å². The molecule has 3 N–H and O–H groups in total. The van der Waals surface area contributed by atoms with Gasteiger partial charge in [-0.25, -0.2) is 4.99 Å². The fourth-order valence-corrected chi connectivity index (χ4v) is 0.386. The van der Waals surface area contributed by atoms with E-state index in [4.69, 9.17) is 5.73 Å². The molecule has 0 aliphatic heterocycles. The molecule has 0 fully saturated rings. The molecule has 11 heavy (non-hydrogen) atoms. The highest BCUT2D eigenvalue weighted by Crippen LogP contribution is 1.81. The normalized spacial score (nSPS) is 10.6. The number of hydrogen-bond donors (Lipinski definition) is 2. The van der Waals surface area contributed by atoms with Crippen LogP contribution in [-0.4, -0.2) is 19.1 Å². The van der Waals surface area contributed by atoms with Crippen molar-refractivity contribution in [2.75, 3.05) is 6.67 Å². The molecule has 0 radical (unpaired) electrons. The summed E-state index contributed by atoms with van der Waals surface area (Å²) in [6.07, 6.45) is 4.52. The summed E-state index contributed by atoms with van der Waals surface area (Å²) in [4.78, 5) is 7.56. The minimum Gasteiger partial charge on any atom is -0.348 e. The third-order valence-electron chi connectivity index (χ3n) is 0.777. The summed E-state index contributed by atoms with van der Waals surface area (Å²) in [7, 11) is 0. The van der Waals surface area contributed by atoms with Crippen LogP contribution in [0.1, 0.15) is 0 Å². The fourth-order valence-electron chi connectivity index (χ4n) is 0.386. The standard InChI is InChI=1S/C7H12N4/c1-3-10-7(2)11-5-4-9-6-8/h3-5,10H,1-2,6,8H2. The van der Waals surface area contributed by atoms with Crippen LogP contribution in [-0.2, 0) is 0 Å². The number of nitrogens with two attached hydrogens (primary N) is 1. The maximum absolute atomic E-state index is 5.09. The second kappa shape index (κ2) is 6.70. The topological polar surface area (TPSA) is 62.8 Å². The Bertz CT molecular complexity index is 181. The number of rotatable bonds is 5. The predicted molar refractivity (Wildman–Crippen MR) is 48.5 cm³/mol. The highest BCUT2D eigenvalue weighted by Gasteiger charge is 1.77. The first-order chi connectivity index (χ1) is 5.31. The molecule has 4 heteroatoms. The van der Waals surface area contributed by atoms with Crippen LogP contribution in [0.5, 0.6) is 0 Å². The Hall–Kier alpha value is -1.42. The first-order valence-corrected chi connectivity index (χ1v) is 3.10. The number of hydrogen-bond acceptors (Lipinski definition) is 4. The van der Waals surface area contributed by atoms with Crippen LogP contribution in [0.15, 0.2) is 35.2 Å². The molecule has 0 aromatic carbocycles. The van der Waals surface area contributed by atoms with Crippen molar-refractivity contribution in [3.8, 4) is 0 Å². The van der Waals surface area contributed by atoms with Gasteiger partial charge in [-0.15, -0.1) is 0 Å². The Morgan fingerprint density at radius 2 is 2.27 bits per heavy atom. The van der Waals surface area contributed by atoms with Gasteiger partial charge in [-0.3, -0.25) is 4.99 Å². The lowest BCUT2D eigenvalue weighted by atomic mass is 10.7. The molecule has 0 aliphatic carbocycles. The Kier molecular flexibility index (Phi) is 5.83. The summed E-state index contributed by atoms with van der Waals surface area (Å²) in [5.74, 6) is 0.517. The average molecular weight is 152 g/mol. The van der Waals surface area contributed by atoms with Crippen molar-refractivity contribution in [1.29, 1.82) is 0 Å². The van der Waals surface area contributed by atoms with Crippen molar-refractivity contribution in [1.82, 2.24) is 5.32 Å². The second-order valence-corrected chi connectivity index (χ2v) is 1.59. The Labute approximate surface area is 66.2 Å². The van der Waals surface area contributed by atoms with Crippen molar-refractivity contribution in [3.05, 3.63) is 25.2 Å². The van der Waals surface area contributed by atoms with Gasteiger partial charge < -0.3 is 11.1 Å².